The van der Waals surface area contributed by atoms with E-state index in [0.717, 1.165) is 43.4 Å². The molecule has 0 amide bonds. The molecule has 2 heterocycles. The third-order valence-corrected chi connectivity index (χ3v) is 3.11. The van der Waals surface area contributed by atoms with Gasteiger partial charge in [-0.05, 0) is 20.0 Å². The summed E-state index contributed by atoms with van der Waals surface area (Å²) in [5.74, 6) is 0.825. The number of aryl methyl sites for hydroxylation is 1. The highest BCUT2D eigenvalue weighted by Crippen LogP contribution is 2.29. The van der Waals surface area contributed by atoms with Crippen LogP contribution in [-0.4, -0.2) is 51.5 Å². The normalized spacial score (nSPS) is 19.9. The molecular formula is C13H21N3O2. The van der Waals surface area contributed by atoms with Gasteiger partial charge in [0.25, 0.3) is 0 Å². The van der Waals surface area contributed by atoms with Crippen LogP contribution in [0, 0.1) is 6.92 Å². The Labute approximate surface area is 108 Å². The number of nitrogens with zero attached hydrogens (tertiary/aromatic N) is 2. The second kappa shape index (κ2) is 6.02. The van der Waals surface area contributed by atoms with Crippen LogP contribution in [0.3, 0.4) is 0 Å². The van der Waals surface area contributed by atoms with Gasteiger partial charge in [-0.25, -0.2) is 0 Å². The number of rotatable bonds is 4. The number of methoxy groups -OCH3 is 1. The van der Waals surface area contributed by atoms with Crippen LogP contribution in [0.15, 0.2) is 12.3 Å². The van der Waals surface area contributed by atoms with Crippen LogP contribution in [0.25, 0.3) is 0 Å². The number of hydrogen-bond donors (Lipinski definition) is 1. The predicted molar refractivity (Wildman–Crippen MR) is 71.4 cm³/mol. The lowest BCUT2D eigenvalue weighted by Crippen LogP contribution is -2.46. The Bertz CT molecular complexity index is 396. The van der Waals surface area contributed by atoms with Crippen molar-refractivity contribution < 1.29 is 9.47 Å². The maximum absolute atomic E-state index is 5.71. The summed E-state index contributed by atoms with van der Waals surface area (Å²) in [7, 11) is 3.63. The first-order valence-corrected chi connectivity index (χ1v) is 6.26. The van der Waals surface area contributed by atoms with E-state index in [1.54, 1.807) is 13.3 Å². The summed E-state index contributed by atoms with van der Waals surface area (Å²) in [5, 5.41) is 3.15. The third-order valence-electron chi connectivity index (χ3n) is 3.11. The lowest BCUT2D eigenvalue weighted by Gasteiger charge is -2.35. The summed E-state index contributed by atoms with van der Waals surface area (Å²) >= 11 is 0. The first-order valence-electron chi connectivity index (χ1n) is 6.26. The average Bonchev–Trinajstić information content (AvgIpc) is 2.39. The molecule has 1 saturated heterocycles. The van der Waals surface area contributed by atoms with Gasteiger partial charge in [0.05, 0.1) is 31.7 Å². The van der Waals surface area contributed by atoms with Crippen molar-refractivity contribution in [2.24, 2.45) is 0 Å². The zero-order chi connectivity index (χ0) is 13.0. The Balaban J connectivity index is 2.17. The van der Waals surface area contributed by atoms with Crippen molar-refractivity contribution in [3.8, 4) is 5.75 Å². The molecule has 0 bridgehead atoms. The van der Waals surface area contributed by atoms with E-state index in [2.05, 4.69) is 21.3 Å². The molecule has 5 heteroatoms. The number of nitrogens with one attached hydrogen (secondary N) is 1. The quantitative estimate of drug-likeness (QED) is 0.858. The maximum atomic E-state index is 5.71. The van der Waals surface area contributed by atoms with Crippen molar-refractivity contribution in [3.05, 3.63) is 18.0 Å². The number of hydrogen-bond acceptors (Lipinski definition) is 5. The number of anilines is 1. The zero-order valence-corrected chi connectivity index (χ0v) is 11.3. The van der Waals surface area contributed by atoms with Crippen LogP contribution >= 0.6 is 0 Å². The van der Waals surface area contributed by atoms with Gasteiger partial charge in [-0.15, -0.1) is 0 Å². The second-order valence-electron chi connectivity index (χ2n) is 4.49. The molecule has 1 aliphatic rings. The summed E-state index contributed by atoms with van der Waals surface area (Å²) in [4.78, 5) is 6.57. The number of ether oxygens (including phenoxy) is 2. The van der Waals surface area contributed by atoms with E-state index in [0.29, 0.717) is 0 Å². The average molecular weight is 251 g/mol. The monoisotopic (exact) mass is 251 g/mol. The maximum Gasteiger partial charge on any atom is 0.160 e. The second-order valence-corrected chi connectivity index (χ2v) is 4.49. The molecule has 1 unspecified atom stereocenters. The molecule has 100 valence electrons. The zero-order valence-electron chi connectivity index (χ0n) is 11.3. The molecular weight excluding hydrogens is 230 g/mol. The number of morpholine rings is 1. The molecule has 1 aromatic heterocycles. The third kappa shape index (κ3) is 2.91. The molecule has 5 nitrogen and oxygen atoms in total. The number of likely N-dealkylation sites (N-methyl/N-ethyl adjacent to an activating group) is 1. The topological polar surface area (TPSA) is 46.6 Å². The first-order chi connectivity index (χ1) is 8.74. The van der Waals surface area contributed by atoms with Crippen molar-refractivity contribution in [1.82, 2.24) is 10.3 Å². The fraction of sp³-hybridized carbons (Fsp3) is 0.615. The molecule has 1 fully saturated rings. The molecule has 1 atom stereocenters. The van der Waals surface area contributed by atoms with E-state index >= 15 is 0 Å². The smallest absolute Gasteiger partial charge is 0.160 e. The largest absolute Gasteiger partial charge is 0.493 e. The Morgan fingerprint density at radius 3 is 3.17 bits per heavy atom. The van der Waals surface area contributed by atoms with Gasteiger partial charge in [0.1, 0.15) is 0 Å². The van der Waals surface area contributed by atoms with Crippen LogP contribution < -0.4 is 15.0 Å². The Kier molecular flexibility index (Phi) is 4.38. The summed E-state index contributed by atoms with van der Waals surface area (Å²) in [6, 6.07) is 2.07. The fourth-order valence-corrected chi connectivity index (χ4v) is 2.23. The minimum absolute atomic E-state index is 0.224. The molecule has 0 aliphatic carbocycles. The molecule has 18 heavy (non-hydrogen) atoms. The van der Waals surface area contributed by atoms with Crippen molar-refractivity contribution in [2.75, 3.05) is 45.3 Å². The summed E-state index contributed by atoms with van der Waals surface area (Å²) in [6.45, 7) is 5.37. The van der Waals surface area contributed by atoms with Crippen molar-refractivity contribution >= 4 is 5.69 Å². The molecule has 0 saturated carbocycles. The minimum Gasteiger partial charge on any atom is -0.493 e. The fourth-order valence-electron chi connectivity index (χ4n) is 2.23. The van der Waals surface area contributed by atoms with Gasteiger partial charge in [0.2, 0.25) is 0 Å². The molecule has 0 spiro atoms. The first kappa shape index (κ1) is 13.1. The molecule has 1 N–H and O–H groups in total. The molecule has 0 radical (unpaired) electrons. The van der Waals surface area contributed by atoms with E-state index in [1.807, 2.05) is 14.0 Å². The van der Waals surface area contributed by atoms with Crippen LogP contribution in [0.4, 0.5) is 5.69 Å². The van der Waals surface area contributed by atoms with Crippen LogP contribution in [0.1, 0.15) is 5.69 Å². The van der Waals surface area contributed by atoms with Crippen LogP contribution in [0.5, 0.6) is 5.75 Å². The van der Waals surface area contributed by atoms with E-state index < -0.39 is 0 Å². The molecule has 2 rings (SSSR count). The van der Waals surface area contributed by atoms with Gasteiger partial charge in [0, 0.05) is 25.3 Å². The van der Waals surface area contributed by atoms with E-state index in [1.165, 1.54) is 0 Å². The Hall–Kier alpha value is -1.33. The van der Waals surface area contributed by atoms with Gasteiger partial charge in [-0.1, -0.05) is 0 Å². The van der Waals surface area contributed by atoms with Crippen molar-refractivity contribution in [1.29, 1.82) is 0 Å². The Morgan fingerprint density at radius 2 is 2.44 bits per heavy atom. The summed E-state index contributed by atoms with van der Waals surface area (Å²) in [5.41, 5.74) is 2.11. The van der Waals surface area contributed by atoms with Gasteiger partial charge in [-0.2, -0.15) is 0 Å². The van der Waals surface area contributed by atoms with Gasteiger partial charge >= 0.3 is 0 Å². The lowest BCUT2D eigenvalue weighted by molar-refractivity contribution is 0.0420. The van der Waals surface area contributed by atoms with Gasteiger partial charge < -0.3 is 19.7 Å². The lowest BCUT2D eigenvalue weighted by atomic mass is 10.2. The van der Waals surface area contributed by atoms with Gasteiger partial charge in [0.15, 0.2) is 5.75 Å². The van der Waals surface area contributed by atoms with Crippen molar-refractivity contribution in [3.63, 3.8) is 0 Å². The predicted octanol–water partition coefficient (Wildman–Crippen LogP) is 0.823. The van der Waals surface area contributed by atoms with Crippen LogP contribution in [-0.2, 0) is 4.74 Å². The van der Waals surface area contributed by atoms with E-state index in [-0.39, 0.29) is 6.10 Å². The summed E-state index contributed by atoms with van der Waals surface area (Å²) < 4.78 is 11.1. The highest BCUT2D eigenvalue weighted by atomic mass is 16.5. The standard InChI is InChI=1S/C13H21N3O2/c1-10-6-12(13(17-3)8-15-10)16-4-5-18-11(9-16)7-14-2/h6,8,11,14H,4-5,7,9H2,1-3H3. The van der Waals surface area contributed by atoms with Crippen LogP contribution in [0.2, 0.25) is 0 Å². The highest BCUT2D eigenvalue weighted by Gasteiger charge is 2.22. The SMILES string of the molecule is CNCC1CN(c2cc(C)ncc2OC)CCO1. The number of pyridine rings is 1. The van der Waals surface area contributed by atoms with E-state index in [9.17, 15) is 0 Å². The minimum atomic E-state index is 0.224. The molecule has 1 aliphatic heterocycles. The van der Waals surface area contributed by atoms with E-state index in [4.69, 9.17) is 9.47 Å². The molecule has 0 aromatic carbocycles. The number of aromatic nitrogens is 1. The van der Waals surface area contributed by atoms with Crippen molar-refractivity contribution in [2.45, 2.75) is 13.0 Å². The summed E-state index contributed by atoms with van der Waals surface area (Å²) in [6.07, 6.45) is 2.01. The Morgan fingerprint density at radius 1 is 1.61 bits per heavy atom. The van der Waals surface area contributed by atoms with Gasteiger partial charge in [-0.3, -0.25) is 4.98 Å². The highest BCUT2D eigenvalue weighted by molar-refractivity contribution is 5.58. The molecule has 1 aromatic rings.